The maximum atomic E-state index is 13.0. The Morgan fingerprint density at radius 2 is 1.69 bits per heavy atom. The quantitative estimate of drug-likeness (QED) is 0.290. The predicted octanol–water partition coefficient (Wildman–Crippen LogP) is 5.36. The number of hydrogen-bond acceptors (Lipinski definition) is 5. The average Bonchev–Trinajstić information content (AvgIpc) is 3.01. The zero-order valence-electron chi connectivity index (χ0n) is 17.6. The number of carbonyl (C=O) groups excluding carboxylic acids is 2. The number of aromatic nitrogens is 1. The summed E-state index contributed by atoms with van der Waals surface area (Å²) >= 11 is 5.84. The standard InChI is InChI=1S/C23H21ClF2N2O4/c1-12-10-19(13(2)28(12)16-5-7-17(8-6-16)32-23(25)26)21(29)14(3)31-22(30)18-9-4-15(24)11-20(18)27/h4-11,14,23H,27H2,1-3H3. The monoisotopic (exact) mass is 462 g/mol. The molecule has 0 aliphatic heterocycles. The van der Waals surface area contributed by atoms with E-state index in [0.717, 1.165) is 5.69 Å². The van der Waals surface area contributed by atoms with Crippen molar-refractivity contribution in [2.45, 2.75) is 33.5 Å². The fourth-order valence-electron chi connectivity index (χ4n) is 3.40. The first-order valence-corrected chi connectivity index (χ1v) is 10.0. The Bertz CT molecular complexity index is 1160. The number of esters is 1. The number of nitrogens with zero attached hydrogens (tertiary/aromatic N) is 1. The van der Waals surface area contributed by atoms with Crippen molar-refractivity contribution in [3.8, 4) is 11.4 Å². The molecule has 0 radical (unpaired) electrons. The summed E-state index contributed by atoms with van der Waals surface area (Å²) in [7, 11) is 0. The molecule has 0 saturated heterocycles. The van der Waals surface area contributed by atoms with Crippen LogP contribution in [0.15, 0.2) is 48.5 Å². The molecular formula is C23H21ClF2N2O4. The molecule has 1 aromatic heterocycles. The van der Waals surface area contributed by atoms with Crippen LogP contribution in [0.5, 0.6) is 5.75 Å². The van der Waals surface area contributed by atoms with Crippen molar-refractivity contribution in [1.29, 1.82) is 0 Å². The molecule has 2 aromatic carbocycles. The number of aryl methyl sites for hydroxylation is 1. The first kappa shape index (κ1) is 23.3. The number of hydrogen-bond donors (Lipinski definition) is 1. The fraction of sp³-hybridized carbons (Fsp3) is 0.217. The molecule has 32 heavy (non-hydrogen) atoms. The van der Waals surface area contributed by atoms with Gasteiger partial charge in [0.05, 0.1) is 5.56 Å². The van der Waals surface area contributed by atoms with Crippen LogP contribution >= 0.6 is 11.6 Å². The van der Waals surface area contributed by atoms with Crippen molar-refractivity contribution in [2.75, 3.05) is 5.73 Å². The highest BCUT2D eigenvalue weighted by atomic mass is 35.5. The first-order valence-electron chi connectivity index (χ1n) is 9.63. The molecule has 2 N–H and O–H groups in total. The van der Waals surface area contributed by atoms with Gasteiger partial charge in [0.25, 0.3) is 0 Å². The molecule has 0 aliphatic carbocycles. The van der Waals surface area contributed by atoms with Gasteiger partial charge in [-0.05, 0) is 69.3 Å². The number of nitrogen functional groups attached to an aromatic ring is 1. The van der Waals surface area contributed by atoms with Crippen LogP contribution in [0.25, 0.3) is 5.69 Å². The Morgan fingerprint density at radius 3 is 2.28 bits per heavy atom. The number of ether oxygens (including phenoxy) is 2. The smallest absolute Gasteiger partial charge is 0.387 e. The van der Waals surface area contributed by atoms with Crippen molar-refractivity contribution in [2.24, 2.45) is 0 Å². The molecule has 1 unspecified atom stereocenters. The van der Waals surface area contributed by atoms with E-state index in [9.17, 15) is 18.4 Å². The normalized spacial score (nSPS) is 12.0. The van der Waals surface area contributed by atoms with Crippen LogP contribution in [-0.2, 0) is 4.74 Å². The maximum Gasteiger partial charge on any atom is 0.387 e. The Labute approximate surface area is 188 Å². The minimum atomic E-state index is -2.91. The van der Waals surface area contributed by atoms with Crippen LogP contribution in [0.3, 0.4) is 0 Å². The van der Waals surface area contributed by atoms with Gasteiger partial charge in [-0.1, -0.05) is 11.6 Å². The lowest BCUT2D eigenvalue weighted by molar-refractivity contribution is -0.0498. The van der Waals surface area contributed by atoms with Gasteiger partial charge in [-0.15, -0.1) is 0 Å². The van der Waals surface area contributed by atoms with E-state index in [1.54, 1.807) is 36.6 Å². The molecule has 1 heterocycles. The third kappa shape index (κ3) is 4.91. The van der Waals surface area contributed by atoms with E-state index in [4.69, 9.17) is 22.1 Å². The molecule has 0 spiro atoms. The van der Waals surface area contributed by atoms with E-state index in [-0.39, 0.29) is 22.8 Å². The third-order valence-electron chi connectivity index (χ3n) is 4.90. The first-order chi connectivity index (χ1) is 15.1. The topological polar surface area (TPSA) is 83.5 Å². The average molecular weight is 463 g/mol. The van der Waals surface area contributed by atoms with Gasteiger partial charge in [0.1, 0.15) is 5.75 Å². The van der Waals surface area contributed by atoms with Gasteiger partial charge in [0, 0.05) is 33.3 Å². The molecule has 168 valence electrons. The van der Waals surface area contributed by atoms with E-state index >= 15 is 0 Å². The number of nitrogens with two attached hydrogens (primary N) is 1. The molecule has 1 atom stereocenters. The second-order valence-corrected chi connectivity index (χ2v) is 7.57. The van der Waals surface area contributed by atoms with Crippen LogP contribution < -0.4 is 10.5 Å². The number of halogens is 3. The molecule has 0 saturated carbocycles. The zero-order chi connectivity index (χ0) is 23.6. The summed E-state index contributed by atoms with van der Waals surface area (Å²) in [6.45, 7) is 2.12. The van der Waals surface area contributed by atoms with Gasteiger partial charge in [0.15, 0.2) is 6.10 Å². The second kappa shape index (κ2) is 9.40. The Hall–Kier alpha value is -3.39. The van der Waals surface area contributed by atoms with E-state index < -0.39 is 18.7 Å². The van der Waals surface area contributed by atoms with Gasteiger partial charge in [-0.3, -0.25) is 4.79 Å². The highest BCUT2D eigenvalue weighted by molar-refractivity contribution is 6.31. The summed E-state index contributed by atoms with van der Waals surface area (Å²) in [6.07, 6.45) is -1.06. The SMILES string of the molecule is Cc1cc(C(=O)C(C)OC(=O)c2ccc(Cl)cc2N)c(C)n1-c1ccc(OC(F)F)cc1. The van der Waals surface area contributed by atoms with Crippen LogP contribution in [0.4, 0.5) is 14.5 Å². The summed E-state index contributed by atoms with van der Waals surface area (Å²) in [5, 5.41) is 0.379. The summed E-state index contributed by atoms with van der Waals surface area (Å²) in [4.78, 5) is 25.4. The van der Waals surface area contributed by atoms with Crippen molar-refractivity contribution in [3.05, 3.63) is 76.1 Å². The number of benzene rings is 2. The maximum absolute atomic E-state index is 13.0. The van der Waals surface area contributed by atoms with Crippen molar-refractivity contribution in [1.82, 2.24) is 4.57 Å². The third-order valence-corrected chi connectivity index (χ3v) is 5.14. The van der Waals surface area contributed by atoms with E-state index in [0.29, 0.717) is 22.0 Å². The van der Waals surface area contributed by atoms with E-state index in [1.165, 1.54) is 37.3 Å². The summed E-state index contributed by atoms with van der Waals surface area (Å²) in [5.74, 6) is -1.09. The number of anilines is 1. The Morgan fingerprint density at radius 1 is 1.03 bits per heavy atom. The van der Waals surface area contributed by atoms with E-state index in [2.05, 4.69) is 4.74 Å². The Balaban J connectivity index is 1.81. The molecule has 3 rings (SSSR count). The van der Waals surface area contributed by atoms with Gasteiger partial charge in [0.2, 0.25) is 5.78 Å². The molecule has 3 aromatic rings. The molecule has 0 amide bonds. The predicted molar refractivity (Wildman–Crippen MR) is 117 cm³/mol. The van der Waals surface area contributed by atoms with Gasteiger partial charge in [-0.2, -0.15) is 8.78 Å². The summed E-state index contributed by atoms with van der Waals surface area (Å²) in [5.41, 5.74) is 8.48. The van der Waals surface area contributed by atoms with Gasteiger partial charge < -0.3 is 19.8 Å². The minimum Gasteiger partial charge on any atom is -0.451 e. The lowest BCUT2D eigenvalue weighted by Gasteiger charge is -2.14. The molecule has 6 nitrogen and oxygen atoms in total. The molecule has 9 heteroatoms. The highest BCUT2D eigenvalue weighted by Gasteiger charge is 2.25. The number of carbonyl (C=O) groups is 2. The largest absolute Gasteiger partial charge is 0.451 e. The molecular weight excluding hydrogens is 442 g/mol. The van der Waals surface area contributed by atoms with Gasteiger partial charge >= 0.3 is 12.6 Å². The zero-order valence-corrected chi connectivity index (χ0v) is 18.3. The van der Waals surface area contributed by atoms with Crippen LogP contribution in [0, 0.1) is 13.8 Å². The van der Waals surface area contributed by atoms with Crippen molar-refractivity contribution >= 4 is 29.0 Å². The van der Waals surface area contributed by atoms with Gasteiger partial charge in [-0.25, -0.2) is 4.79 Å². The Kier molecular flexibility index (Phi) is 6.84. The second-order valence-electron chi connectivity index (χ2n) is 7.14. The van der Waals surface area contributed by atoms with Crippen molar-refractivity contribution < 1.29 is 27.8 Å². The van der Waals surface area contributed by atoms with Crippen LogP contribution in [0.1, 0.15) is 39.0 Å². The minimum absolute atomic E-state index is 0.0320. The summed E-state index contributed by atoms with van der Waals surface area (Å²) < 4.78 is 36.2. The molecule has 0 fully saturated rings. The van der Waals surface area contributed by atoms with Crippen molar-refractivity contribution in [3.63, 3.8) is 0 Å². The number of alkyl halides is 2. The fourth-order valence-corrected chi connectivity index (χ4v) is 3.58. The lowest BCUT2D eigenvalue weighted by Crippen LogP contribution is -2.25. The lowest BCUT2D eigenvalue weighted by atomic mass is 10.1. The van der Waals surface area contributed by atoms with Crippen LogP contribution in [-0.4, -0.2) is 29.0 Å². The van der Waals surface area contributed by atoms with Crippen LogP contribution in [0.2, 0.25) is 5.02 Å². The number of rotatable bonds is 7. The summed E-state index contributed by atoms with van der Waals surface area (Å²) in [6, 6.07) is 12.1. The molecule has 0 aliphatic rings. The number of Topliss-reactive ketones (excluding diaryl/α,β-unsaturated/α-hetero) is 1. The highest BCUT2D eigenvalue weighted by Crippen LogP contribution is 2.25. The van der Waals surface area contributed by atoms with E-state index in [1.807, 2.05) is 0 Å². The number of ketones is 1. The molecule has 0 bridgehead atoms.